The van der Waals surface area contributed by atoms with Gasteiger partial charge in [0.25, 0.3) is 0 Å². The molecule has 1 heterocycles. The number of H-pyrrole nitrogens is 1. The fourth-order valence-electron chi connectivity index (χ4n) is 1.63. The lowest BCUT2D eigenvalue weighted by Gasteiger charge is -2.13. The van der Waals surface area contributed by atoms with Crippen LogP contribution in [0.5, 0.6) is 11.5 Å². The highest BCUT2D eigenvalue weighted by molar-refractivity contribution is 8.00. The number of hydrogen-bond donors (Lipinski definition) is 2. The van der Waals surface area contributed by atoms with E-state index in [0.717, 1.165) is 0 Å². The molecule has 0 aliphatic heterocycles. The van der Waals surface area contributed by atoms with Crippen LogP contribution in [-0.2, 0) is 4.79 Å². The van der Waals surface area contributed by atoms with Crippen LogP contribution in [0.25, 0.3) is 0 Å². The average molecular weight is 308 g/mol. The molecule has 0 aliphatic rings. The molecule has 2 aromatic rings. The number of nitrogens with zero attached hydrogens (tertiary/aromatic N) is 2. The molecule has 1 aromatic carbocycles. The van der Waals surface area contributed by atoms with Crippen molar-refractivity contribution in [3.63, 3.8) is 0 Å². The van der Waals surface area contributed by atoms with Crippen molar-refractivity contribution >= 4 is 23.4 Å². The third-order valence-corrected chi connectivity index (χ3v) is 3.69. The minimum atomic E-state index is -0.314. The van der Waals surface area contributed by atoms with Gasteiger partial charge in [0.15, 0.2) is 16.7 Å². The number of methoxy groups -OCH3 is 2. The molecular weight excluding hydrogens is 292 g/mol. The summed E-state index contributed by atoms with van der Waals surface area (Å²) in [6.45, 7) is 1.79. The molecule has 0 saturated carbocycles. The van der Waals surface area contributed by atoms with Crippen LogP contribution in [0, 0.1) is 0 Å². The van der Waals surface area contributed by atoms with E-state index in [-0.39, 0.29) is 11.2 Å². The number of anilines is 1. The van der Waals surface area contributed by atoms with Gasteiger partial charge in [0.2, 0.25) is 5.91 Å². The van der Waals surface area contributed by atoms with Gasteiger partial charge in [-0.25, -0.2) is 4.98 Å². The van der Waals surface area contributed by atoms with E-state index >= 15 is 0 Å². The van der Waals surface area contributed by atoms with Crippen LogP contribution >= 0.6 is 11.8 Å². The highest BCUT2D eigenvalue weighted by atomic mass is 32.2. The number of hydrogen-bond acceptors (Lipinski definition) is 6. The van der Waals surface area contributed by atoms with Gasteiger partial charge < -0.3 is 14.8 Å². The maximum absolute atomic E-state index is 12.1. The van der Waals surface area contributed by atoms with Crippen LogP contribution in [0.15, 0.2) is 29.7 Å². The number of carbonyl (C=O) groups excluding carboxylic acids is 1. The second-order valence-electron chi connectivity index (χ2n) is 4.11. The summed E-state index contributed by atoms with van der Waals surface area (Å²) in [5.41, 5.74) is 0.641. The van der Waals surface area contributed by atoms with Gasteiger partial charge in [-0.15, -0.1) is 0 Å². The smallest absolute Gasteiger partial charge is 0.237 e. The first kappa shape index (κ1) is 15.2. The molecule has 2 N–H and O–H groups in total. The molecule has 0 radical (unpaired) electrons. The minimum absolute atomic E-state index is 0.136. The van der Waals surface area contributed by atoms with E-state index in [2.05, 4.69) is 20.5 Å². The van der Waals surface area contributed by atoms with Crippen molar-refractivity contribution < 1.29 is 14.3 Å². The van der Waals surface area contributed by atoms with Crippen molar-refractivity contribution in [3.8, 4) is 11.5 Å². The van der Waals surface area contributed by atoms with Gasteiger partial charge in [-0.2, -0.15) is 5.10 Å². The lowest BCUT2D eigenvalue weighted by molar-refractivity contribution is -0.115. The van der Waals surface area contributed by atoms with E-state index in [4.69, 9.17) is 9.47 Å². The Morgan fingerprint density at radius 3 is 2.71 bits per heavy atom. The number of nitrogens with one attached hydrogen (secondary N) is 2. The molecular formula is C13H16N4O3S. The number of thioether (sulfide) groups is 1. The number of benzene rings is 1. The monoisotopic (exact) mass is 308 g/mol. The molecule has 2 rings (SSSR count). The molecule has 112 valence electrons. The molecule has 0 bridgehead atoms. The van der Waals surface area contributed by atoms with E-state index in [1.807, 2.05) is 0 Å². The fourth-order valence-corrected chi connectivity index (χ4v) is 2.34. The summed E-state index contributed by atoms with van der Waals surface area (Å²) in [6, 6.07) is 5.20. The SMILES string of the molecule is COc1ccc(NC(=O)[C@H](C)Sc2ncn[nH]2)cc1OC. The number of ether oxygens (including phenoxy) is 2. The molecule has 1 aromatic heterocycles. The van der Waals surface area contributed by atoms with Gasteiger partial charge >= 0.3 is 0 Å². The van der Waals surface area contributed by atoms with E-state index in [9.17, 15) is 4.79 Å². The molecule has 21 heavy (non-hydrogen) atoms. The fraction of sp³-hybridized carbons (Fsp3) is 0.308. The molecule has 7 nitrogen and oxygen atoms in total. The predicted octanol–water partition coefficient (Wildman–Crippen LogP) is 1.94. The Kier molecular flexibility index (Phi) is 5.04. The summed E-state index contributed by atoms with van der Waals surface area (Å²) in [5.74, 6) is 1.04. The molecule has 1 amide bonds. The maximum Gasteiger partial charge on any atom is 0.237 e. The van der Waals surface area contributed by atoms with Crippen LogP contribution in [0.1, 0.15) is 6.92 Å². The standard InChI is InChI=1S/C13H16N4O3S/c1-8(21-13-14-7-15-17-13)12(18)16-9-4-5-10(19-2)11(6-9)20-3/h4-8H,1-3H3,(H,16,18)(H,14,15,17)/t8-/m0/s1. The topological polar surface area (TPSA) is 89.1 Å². The van der Waals surface area contributed by atoms with Gasteiger partial charge in [-0.3, -0.25) is 9.89 Å². The summed E-state index contributed by atoms with van der Waals surface area (Å²) < 4.78 is 10.4. The Hall–Kier alpha value is -2.22. The van der Waals surface area contributed by atoms with Crippen molar-refractivity contribution in [1.82, 2.24) is 15.2 Å². The highest BCUT2D eigenvalue weighted by Crippen LogP contribution is 2.30. The van der Waals surface area contributed by atoms with Gasteiger partial charge in [-0.1, -0.05) is 11.8 Å². The molecule has 1 atom stereocenters. The number of aromatic amines is 1. The number of rotatable bonds is 6. The quantitative estimate of drug-likeness (QED) is 0.793. The first-order chi connectivity index (χ1) is 10.1. The predicted molar refractivity (Wildman–Crippen MR) is 79.9 cm³/mol. The van der Waals surface area contributed by atoms with Crippen molar-refractivity contribution in [2.75, 3.05) is 19.5 Å². The average Bonchev–Trinajstić information content (AvgIpc) is 2.99. The first-order valence-electron chi connectivity index (χ1n) is 6.19. The van der Waals surface area contributed by atoms with Crippen molar-refractivity contribution in [1.29, 1.82) is 0 Å². The summed E-state index contributed by atoms with van der Waals surface area (Å²) in [5, 5.41) is 9.56. The second-order valence-corrected chi connectivity index (χ2v) is 5.44. The summed E-state index contributed by atoms with van der Waals surface area (Å²) >= 11 is 1.30. The van der Waals surface area contributed by atoms with Crippen LogP contribution in [0.3, 0.4) is 0 Å². The van der Waals surface area contributed by atoms with Crippen LogP contribution < -0.4 is 14.8 Å². The molecule has 0 saturated heterocycles. The lowest BCUT2D eigenvalue weighted by atomic mass is 10.2. The van der Waals surface area contributed by atoms with Crippen molar-refractivity contribution in [2.24, 2.45) is 0 Å². The van der Waals surface area contributed by atoms with Crippen LogP contribution in [0.4, 0.5) is 5.69 Å². The van der Waals surface area contributed by atoms with E-state index in [1.54, 1.807) is 39.3 Å². The summed E-state index contributed by atoms with van der Waals surface area (Å²) in [6.07, 6.45) is 1.40. The van der Waals surface area contributed by atoms with E-state index < -0.39 is 0 Å². The van der Waals surface area contributed by atoms with Crippen molar-refractivity contribution in [2.45, 2.75) is 17.3 Å². The minimum Gasteiger partial charge on any atom is -0.493 e. The van der Waals surface area contributed by atoms with Crippen LogP contribution in [-0.4, -0.2) is 40.6 Å². The lowest BCUT2D eigenvalue weighted by Crippen LogP contribution is -2.22. The third-order valence-electron chi connectivity index (χ3n) is 2.70. The molecule has 0 spiro atoms. The van der Waals surface area contributed by atoms with Crippen molar-refractivity contribution in [3.05, 3.63) is 24.5 Å². The zero-order valence-corrected chi connectivity index (χ0v) is 12.7. The normalized spacial score (nSPS) is 11.8. The summed E-state index contributed by atoms with van der Waals surface area (Å²) in [7, 11) is 3.11. The maximum atomic E-state index is 12.1. The Labute approximate surface area is 126 Å². The molecule has 0 unspecified atom stereocenters. The Morgan fingerprint density at radius 1 is 1.33 bits per heavy atom. The molecule has 0 fully saturated rings. The number of aromatic nitrogens is 3. The van der Waals surface area contributed by atoms with Crippen LogP contribution in [0.2, 0.25) is 0 Å². The van der Waals surface area contributed by atoms with Gasteiger partial charge in [-0.05, 0) is 19.1 Å². The molecule has 0 aliphatic carbocycles. The third kappa shape index (κ3) is 3.88. The van der Waals surface area contributed by atoms with Gasteiger partial charge in [0.1, 0.15) is 6.33 Å². The van der Waals surface area contributed by atoms with Gasteiger partial charge in [0, 0.05) is 11.8 Å². The zero-order valence-electron chi connectivity index (χ0n) is 11.9. The number of amides is 1. The highest BCUT2D eigenvalue weighted by Gasteiger charge is 2.16. The second kappa shape index (κ2) is 6.98. The summed E-state index contributed by atoms with van der Waals surface area (Å²) in [4.78, 5) is 16.1. The van der Waals surface area contributed by atoms with E-state index in [0.29, 0.717) is 22.3 Å². The Morgan fingerprint density at radius 2 is 2.10 bits per heavy atom. The first-order valence-corrected chi connectivity index (χ1v) is 7.07. The Balaban J connectivity index is 2.01. The zero-order chi connectivity index (χ0) is 15.2. The Bertz CT molecular complexity index is 603. The van der Waals surface area contributed by atoms with Gasteiger partial charge in [0.05, 0.1) is 19.5 Å². The van der Waals surface area contributed by atoms with E-state index in [1.165, 1.54) is 18.1 Å². The largest absolute Gasteiger partial charge is 0.493 e. The number of carbonyl (C=O) groups is 1. The molecule has 8 heteroatoms.